The molecule has 3 heterocycles. The van der Waals surface area contributed by atoms with Crippen molar-refractivity contribution in [3.63, 3.8) is 0 Å². The lowest BCUT2D eigenvalue weighted by atomic mass is 10.2. The first-order valence-corrected chi connectivity index (χ1v) is 10.4. The topological polar surface area (TPSA) is 82.2 Å². The normalized spacial score (nSPS) is 14.1. The van der Waals surface area contributed by atoms with E-state index in [4.69, 9.17) is 14.7 Å². The molecular weight excluding hydrogens is 390 g/mol. The molecule has 0 unspecified atom stereocenters. The zero-order valence-electron chi connectivity index (χ0n) is 17.7. The third kappa shape index (κ3) is 3.84. The third-order valence-electron chi connectivity index (χ3n) is 5.60. The molecule has 2 aromatic carbocycles. The molecule has 0 radical (unpaired) electrons. The highest BCUT2D eigenvalue weighted by atomic mass is 16.5. The monoisotopic (exact) mass is 415 g/mol. The highest BCUT2D eigenvalue weighted by Crippen LogP contribution is 2.30. The fourth-order valence-corrected chi connectivity index (χ4v) is 3.87. The predicted octanol–water partition coefficient (Wildman–Crippen LogP) is 3.74. The van der Waals surface area contributed by atoms with Crippen molar-refractivity contribution in [3.8, 4) is 5.75 Å². The van der Waals surface area contributed by atoms with Crippen LogP contribution in [0.25, 0.3) is 11.0 Å². The van der Waals surface area contributed by atoms with E-state index in [9.17, 15) is 0 Å². The van der Waals surface area contributed by atoms with Gasteiger partial charge in [-0.3, -0.25) is 5.10 Å². The minimum atomic E-state index is 0.700. The van der Waals surface area contributed by atoms with E-state index in [2.05, 4.69) is 62.6 Å². The summed E-state index contributed by atoms with van der Waals surface area (Å²) >= 11 is 0. The van der Waals surface area contributed by atoms with Gasteiger partial charge in [0, 0.05) is 31.9 Å². The molecule has 8 heteroatoms. The standard InChI is InChI=1S/C23H25N7O/c1-16-7-9-17(10-8-16)25-21-18-15-24-28-22(18)27-23(26-21)30-13-11-29(12-14-30)19-5-3-4-6-20(19)31-2/h3-10,15H,11-14H2,1-2H3,(H2,24,25,26,27,28). The molecule has 1 aliphatic heterocycles. The van der Waals surface area contributed by atoms with Gasteiger partial charge in [-0.1, -0.05) is 29.8 Å². The number of aromatic nitrogens is 4. The first kappa shape index (κ1) is 19.2. The lowest BCUT2D eigenvalue weighted by Crippen LogP contribution is -2.47. The van der Waals surface area contributed by atoms with E-state index < -0.39 is 0 Å². The molecular formula is C23H25N7O. The maximum absolute atomic E-state index is 5.53. The van der Waals surface area contributed by atoms with Crippen LogP contribution >= 0.6 is 0 Å². The minimum Gasteiger partial charge on any atom is -0.495 e. The summed E-state index contributed by atoms with van der Waals surface area (Å²) in [5, 5.41) is 11.5. The molecule has 0 saturated carbocycles. The maximum Gasteiger partial charge on any atom is 0.229 e. The summed E-state index contributed by atoms with van der Waals surface area (Å²) in [5.74, 6) is 2.35. The number of nitrogens with one attached hydrogen (secondary N) is 2. The van der Waals surface area contributed by atoms with Gasteiger partial charge in [-0.25, -0.2) is 0 Å². The number of aryl methyl sites for hydroxylation is 1. The van der Waals surface area contributed by atoms with Crippen LogP contribution < -0.4 is 19.9 Å². The number of para-hydroxylation sites is 2. The summed E-state index contributed by atoms with van der Waals surface area (Å²) in [7, 11) is 1.71. The van der Waals surface area contributed by atoms with E-state index >= 15 is 0 Å². The molecule has 0 spiro atoms. The fourth-order valence-electron chi connectivity index (χ4n) is 3.87. The average Bonchev–Trinajstić information content (AvgIpc) is 3.30. The number of fused-ring (bicyclic) bond motifs is 1. The molecule has 5 rings (SSSR count). The van der Waals surface area contributed by atoms with E-state index in [1.807, 2.05) is 18.2 Å². The number of anilines is 4. The number of rotatable bonds is 5. The Hall–Kier alpha value is -3.81. The number of H-pyrrole nitrogens is 1. The molecule has 31 heavy (non-hydrogen) atoms. The second-order valence-corrected chi connectivity index (χ2v) is 7.64. The third-order valence-corrected chi connectivity index (χ3v) is 5.60. The van der Waals surface area contributed by atoms with E-state index in [1.54, 1.807) is 13.3 Å². The second kappa shape index (κ2) is 8.14. The molecule has 4 aromatic rings. The number of ether oxygens (including phenoxy) is 1. The smallest absolute Gasteiger partial charge is 0.229 e. The molecule has 8 nitrogen and oxygen atoms in total. The summed E-state index contributed by atoms with van der Waals surface area (Å²) < 4.78 is 5.53. The number of hydrogen-bond donors (Lipinski definition) is 2. The SMILES string of the molecule is COc1ccccc1N1CCN(c2nc(Nc3ccc(C)cc3)c3cn[nH]c3n2)CC1. The van der Waals surface area contributed by atoms with Crippen molar-refractivity contribution in [2.75, 3.05) is 48.4 Å². The van der Waals surface area contributed by atoms with Gasteiger partial charge in [0.1, 0.15) is 11.6 Å². The van der Waals surface area contributed by atoms with Gasteiger partial charge in [-0.05, 0) is 31.2 Å². The van der Waals surface area contributed by atoms with Gasteiger partial charge < -0.3 is 19.9 Å². The first-order chi connectivity index (χ1) is 15.2. The van der Waals surface area contributed by atoms with Crippen LogP contribution in [0.4, 0.5) is 23.1 Å². The van der Waals surface area contributed by atoms with Crippen molar-refractivity contribution < 1.29 is 4.74 Å². The number of nitrogens with zero attached hydrogens (tertiary/aromatic N) is 5. The second-order valence-electron chi connectivity index (χ2n) is 7.64. The van der Waals surface area contributed by atoms with E-state index in [0.29, 0.717) is 5.95 Å². The zero-order chi connectivity index (χ0) is 21.2. The Kier molecular flexibility index (Phi) is 5.03. The van der Waals surface area contributed by atoms with Crippen LogP contribution in [0.2, 0.25) is 0 Å². The van der Waals surface area contributed by atoms with Gasteiger partial charge in [-0.15, -0.1) is 0 Å². The number of methoxy groups -OCH3 is 1. The molecule has 0 bridgehead atoms. The molecule has 1 aliphatic rings. The molecule has 2 aromatic heterocycles. The van der Waals surface area contributed by atoms with Crippen LogP contribution in [0.5, 0.6) is 5.75 Å². The fraction of sp³-hybridized carbons (Fsp3) is 0.261. The Bertz CT molecular complexity index is 1180. The molecule has 2 N–H and O–H groups in total. The quantitative estimate of drug-likeness (QED) is 0.514. The Morgan fingerprint density at radius 3 is 2.45 bits per heavy atom. The Morgan fingerprint density at radius 2 is 1.68 bits per heavy atom. The van der Waals surface area contributed by atoms with Gasteiger partial charge >= 0.3 is 0 Å². The predicted molar refractivity (Wildman–Crippen MR) is 124 cm³/mol. The number of piperazine rings is 1. The van der Waals surface area contributed by atoms with E-state index in [1.165, 1.54) is 5.56 Å². The average molecular weight is 416 g/mol. The van der Waals surface area contributed by atoms with Crippen molar-refractivity contribution in [2.45, 2.75) is 6.92 Å². The minimum absolute atomic E-state index is 0.700. The van der Waals surface area contributed by atoms with Gasteiger partial charge in [-0.2, -0.15) is 15.1 Å². The van der Waals surface area contributed by atoms with E-state index in [0.717, 1.165) is 60.2 Å². The molecule has 0 aliphatic carbocycles. The van der Waals surface area contributed by atoms with Crippen molar-refractivity contribution in [3.05, 3.63) is 60.3 Å². The first-order valence-electron chi connectivity index (χ1n) is 10.4. The Morgan fingerprint density at radius 1 is 0.935 bits per heavy atom. The van der Waals surface area contributed by atoms with Crippen molar-refractivity contribution in [1.82, 2.24) is 20.2 Å². The Labute approximate surface area is 180 Å². The van der Waals surface area contributed by atoms with Crippen LogP contribution in [-0.2, 0) is 0 Å². The summed E-state index contributed by atoms with van der Waals surface area (Å²) in [6, 6.07) is 16.4. The largest absolute Gasteiger partial charge is 0.495 e. The van der Waals surface area contributed by atoms with Gasteiger partial charge in [0.25, 0.3) is 0 Å². The lowest BCUT2D eigenvalue weighted by molar-refractivity contribution is 0.413. The van der Waals surface area contributed by atoms with Crippen LogP contribution in [-0.4, -0.2) is 53.5 Å². The molecule has 1 saturated heterocycles. The number of hydrogen-bond acceptors (Lipinski definition) is 7. The van der Waals surface area contributed by atoms with Crippen LogP contribution in [0.15, 0.2) is 54.7 Å². The van der Waals surface area contributed by atoms with Crippen LogP contribution in [0.3, 0.4) is 0 Å². The van der Waals surface area contributed by atoms with Gasteiger partial charge in [0.05, 0.1) is 24.4 Å². The summed E-state index contributed by atoms with van der Waals surface area (Å²) in [6.07, 6.45) is 1.76. The zero-order valence-corrected chi connectivity index (χ0v) is 17.7. The van der Waals surface area contributed by atoms with Crippen LogP contribution in [0, 0.1) is 6.92 Å². The highest BCUT2D eigenvalue weighted by molar-refractivity contribution is 5.89. The lowest BCUT2D eigenvalue weighted by Gasteiger charge is -2.36. The van der Waals surface area contributed by atoms with Crippen LogP contribution in [0.1, 0.15) is 5.56 Å². The molecule has 1 fully saturated rings. The molecule has 0 amide bonds. The Balaban J connectivity index is 1.38. The van der Waals surface area contributed by atoms with Gasteiger partial charge in [0.2, 0.25) is 5.95 Å². The summed E-state index contributed by atoms with van der Waals surface area (Å²) in [5.41, 5.74) is 4.05. The summed E-state index contributed by atoms with van der Waals surface area (Å²) in [4.78, 5) is 14.1. The van der Waals surface area contributed by atoms with Crippen molar-refractivity contribution in [1.29, 1.82) is 0 Å². The van der Waals surface area contributed by atoms with Crippen molar-refractivity contribution >= 4 is 34.2 Å². The molecule has 0 atom stereocenters. The van der Waals surface area contributed by atoms with E-state index in [-0.39, 0.29) is 0 Å². The van der Waals surface area contributed by atoms with Gasteiger partial charge in [0.15, 0.2) is 5.65 Å². The van der Waals surface area contributed by atoms with Crippen molar-refractivity contribution in [2.24, 2.45) is 0 Å². The number of aromatic amines is 1. The maximum atomic E-state index is 5.53. The molecule has 158 valence electrons. The summed E-state index contributed by atoms with van der Waals surface area (Å²) in [6.45, 7) is 5.45. The number of benzene rings is 2. The highest BCUT2D eigenvalue weighted by Gasteiger charge is 2.22.